The van der Waals surface area contributed by atoms with Crippen molar-refractivity contribution in [1.82, 2.24) is 19.8 Å². The summed E-state index contributed by atoms with van der Waals surface area (Å²) in [5.41, 5.74) is 6.59. The number of pyridine rings is 1. The van der Waals surface area contributed by atoms with Crippen LogP contribution in [0.3, 0.4) is 0 Å². The van der Waals surface area contributed by atoms with Crippen molar-refractivity contribution in [1.29, 1.82) is 0 Å². The number of carbonyl (C=O) groups is 4. The SMILES string of the molecule is CCOC(=O)CN1CCC(CCCOc2cccc(-c3ccc(N4CCc5cccc(C(=O)Nc6nc7ccccc7s6)c5C4)nc3C(=O)OC(C)(C)C)c2C)CC1.CCOC(=O)CN1CCC(CCCOc2cccc(Br)c2C)CC1. The Balaban J connectivity index is 0.000000306. The zero-order valence-corrected chi connectivity index (χ0v) is 51.3. The highest BCUT2D eigenvalue weighted by atomic mass is 79.9. The van der Waals surface area contributed by atoms with Crippen LogP contribution in [0.15, 0.2) is 95.5 Å². The first-order valence-corrected chi connectivity index (χ1v) is 30.8. The van der Waals surface area contributed by atoms with Gasteiger partial charge in [0.1, 0.15) is 22.9 Å². The van der Waals surface area contributed by atoms with Crippen molar-refractivity contribution in [3.05, 3.63) is 129 Å². The molecule has 9 rings (SSSR count). The highest BCUT2D eigenvalue weighted by Crippen LogP contribution is 2.36. The minimum Gasteiger partial charge on any atom is -0.493 e. The summed E-state index contributed by atoms with van der Waals surface area (Å²) in [6.07, 6.45) is 9.44. The molecule has 0 saturated carbocycles. The van der Waals surface area contributed by atoms with Gasteiger partial charge in [0.25, 0.3) is 5.91 Å². The van der Waals surface area contributed by atoms with E-state index in [9.17, 15) is 19.2 Å². The third-order valence-electron chi connectivity index (χ3n) is 15.4. The molecule has 2 aromatic heterocycles. The molecule has 15 nitrogen and oxygen atoms in total. The molecule has 0 aliphatic carbocycles. The first kappa shape index (κ1) is 61.7. The standard InChI is InChI=1S/C46H53N5O6S.C19H28BrNO3/c1-6-55-41(52)29-50-24-21-31(22-25-50)12-11-27-56-38-17-10-14-33(30(38)2)34-19-20-40(48-42(34)44(54)57-46(3,4)5)51-26-23-32-13-9-15-35(36(32)28-51)43(53)49-45-47-37-16-7-8-18-39(37)58-45;1-3-23-19(22)14-21-11-9-16(10-12-21)6-5-13-24-18-8-4-7-17(20)15(18)2/h7-10,13-20,31H,6,11-12,21-29H2,1-5H3,(H,47,49,53);4,7-8,16H,3,5-6,9-14H2,1-2H3. The van der Waals surface area contributed by atoms with E-state index in [1.807, 2.05) is 126 Å². The van der Waals surface area contributed by atoms with Crippen LogP contribution in [0.4, 0.5) is 10.9 Å². The van der Waals surface area contributed by atoms with E-state index in [4.69, 9.17) is 28.7 Å². The zero-order valence-electron chi connectivity index (χ0n) is 48.9. The average molecular weight is 1200 g/mol. The molecule has 2 fully saturated rings. The number of anilines is 2. The van der Waals surface area contributed by atoms with Crippen LogP contribution >= 0.6 is 27.3 Å². The quantitative estimate of drug-likeness (QED) is 0.0411. The monoisotopic (exact) mass is 1200 g/mol. The molecule has 4 aromatic carbocycles. The number of carbonyl (C=O) groups excluding carboxylic acids is 4. The summed E-state index contributed by atoms with van der Waals surface area (Å²) in [7, 11) is 0. The third-order valence-corrected chi connectivity index (χ3v) is 17.2. The fourth-order valence-corrected chi connectivity index (χ4v) is 12.2. The number of esters is 3. The highest BCUT2D eigenvalue weighted by molar-refractivity contribution is 9.10. The molecular weight excluding hydrogens is 1120 g/mol. The van der Waals surface area contributed by atoms with Gasteiger partial charge in [-0.15, -0.1) is 0 Å². The van der Waals surface area contributed by atoms with Crippen molar-refractivity contribution in [2.75, 3.05) is 82.5 Å². The summed E-state index contributed by atoms with van der Waals surface area (Å²) < 4.78 is 30.4. The van der Waals surface area contributed by atoms with E-state index in [0.29, 0.717) is 74.0 Å². The number of likely N-dealkylation sites (tertiary alicyclic amines) is 2. The number of nitrogens with one attached hydrogen (secondary N) is 1. The van der Waals surface area contributed by atoms with Gasteiger partial charge < -0.3 is 28.6 Å². The summed E-state index contributed by atoms with van der Waals surface area (Å²) in [6, 6.07) is 29.5. The number of rotatable bonds is 21. The van der Waals surface area contributed by atoms with Gasteiger partial charge in [-0.3, -0.25) is 29.5 Å². The second-order valence-electron chi connectivity index (χ2n) is 22.4. The van der Waals surface area contributed by atoms with E-state index in [1.165, 1.54) is 17.8 Å². The molecule has 3 aliphatic heterocycles. The first-order chi connectivity index (χ1) is 39.5. The maximum Gasteiger partial charge on any atom is 0.358 e. The predicted octanol–water partition coefficient (Wildman–Crippen LogP) is 13.1. The van der Waals surface area contributed by atoms with Crippen LogP contribution < -0.4 is 19.7 Å². The van der Waals surface area contributed by atoms with Crippen molar-refractivity contribution in [3.8, 4) is 22.6 Å². The van der Waals surface area contributed by atoms with E-state index in [0.717, 1.165) is 144 Å². The van der Waals surface area contributed by atoms with E-state index in [1.54, 1.807) is 0 Å². The van der Waals surface area contributed by atoms with Crippen molar-refractivity contribution >= 4 is 72.2 Å². The molecule has 82 heavy (non-hydrogen) atoms. The Bertz CT molecular complexity index is 3090. The number of piperidine rings is 2. The normalized spacial score (nSPS) is 15.2. The molecular formula is C65H81BrN6O9S. The molecule has 1 amide bonds. The van der Waals surface area contributed by atoms with Crippen molar-refractivity contribution < 1.29 is 42.9 Å². The number of para-hydroxylation sites is 1. The molecule has 0 bridgehead atoms. The highest BCUT2D eigenvalue weighted by Gasteiger charge is 2.29. The lowest BCUT2D eigenvalue weighted by atomic mass is 9.92. The summed E-state index contributed by atoms with van der Waals surface area (Å²) in [5, 5.41) is 3.58. The van der Waals surface area contributed by atoms with Crippen LogP contribution in [-0.2, 0) is 36.8 Å². The minimum atomic E-state index is -0.723. The third kappa shape index (κ3) is 17.3. The second kappa shape index (κ2) is 29.7. The molecule has 0 unspecified atom stereocenters. The molecule has 5 heterocycles. The Morgan fingerprint density at radius 3 is 1.89 bits per heavy atom. The number of fused-ring (bicyclic) bond motifs is 2. The number of aromatic nitrogens is 2. The minimum absolute atomic E-state index is 0.103. The summed E-state index contributed by atoms with van der Waals surface area (Å²) in [4.78, 5) is 67.1. The van der Waals surface area contributed by atoms with Gasteiger partial charge in [0.2, 0.25) is 0 Å². The molecule has 0 atom stereocenters. The van der Waals surface area contributed by atoms with Crippen LogP contribution in [-0.4, -0.2) is 121 Å². The maximum atomic E-state index is 13.9. The van der Waals surface area contributed by atoms with Gasteiger partial charge in [0.15, 0.2) is 10.8 Å². The average Bonchev–Trinajstić information content (AvgIpc) is 4.02. The number of benzene rings is 4. The van der Waals surface area contributed by atoms with Crippen molar-refractivity contribution in [2.45, 2.75) is 118 Å². The van der Waals surface area contributed by atoms with Crippen LogP contribution in [0.2, 0.25) is 0 Å². The van der Waals surface area contributed by atoms with E-state index in [2.05, 4.69) is 53.9 Å². The predicted molar refractivity (Wildman–Crippen MR) is 328 cm³/mol. The summed E-state index contributed by atoms with van der Waals surface area (Å²) in [5.74, 6) is 2.76. The van der Waals surface area contributed by atoms with Gasteiger partial charge in [-0.1, -0.05) is 69.7 Å². The summed E-state index contributed by atoms with van der Waals surface area (Å²) >= 11 is 4.98. The van der Waals surface area contributed by atoms with Crippen LogP contribution in [0.5, 0.6) is 11.5 Å². The number of thiazole rings is 1. The molecule has 438 valence electrons. The van der Waals surface area contributed by atoms with Crippen LogP contribution in [0.1, 0.15) is 129 Å². The van der Waals surface area contributed by atoms with Gasteiger partial charge in [-0.25, -0.2) is 14.8 Å². The molecule has 6 aromatic rings. The number of ether oxygens (including phenoxy) is 5. The van der Waals surface area contributed by atoms with Gasteiger partial charge in [0.05, 0.1) is 49.7 Å². The van der Waals surface area contributed by atoms with Gasteiger partial charge >= 0.3 is 17.9 Å². The summed E-state index contributed by atoms with van der Waals surface area (Å²) in [6.45, 7) is 21.3. The van der Waals surface area contributed by atoms with E-state index >= 15 is 0 Å². The molecule has 2 saturated heterocycles. The van der Waals surface area contributed by atoms with E-state index < -0.39 is 11.6 Å². The Morgan fingerprint density at radius 2 is 1.28 bits per heavy atom. The number of hydrogen-bond acceptors (Lipinski definition) is 15. The zero-order chi connectivity index (χ0) is 58.2. The maximum absolute atomic E-state index is 13.9. The fraction of sp³-hybridized carbons (Fsp3) is 0.477. The Kier molecular flexibility index (Phi) is 22.4. The van der Waals surface area contributed by atoms with Crippen molar-refractivity contribution in [3.63, 3.8) is 0 Å². The second-order valence-corrected chi connectivity index (χ2v) is 24.3. The first-order valence-electron chi connectivity index (χ1n) is 29.2. The molecule has 17 heteroatoms. The Morgan fingerprint density at radius 1 is 0.683 bits per heavy atom. The molecule has 1 N–H and O–H groups in total. The number of amides is 1. The lowest BCUT2D eigenvalue weighted by Crippen LogP contribution is -2.38. The smallest absolute Gasteiger partial charge is 0.358 e. The van der Waals surface area contributed by atoms with Gasteiger partial charge in [-0.2, -0.15) is 0 Å². The topological polar surface area (TPSA) is 162 Å². The van der Waals surface area contributed by atoms with E-state index in [-0.39, 0.29) is 23.5 Å². The number of nitrogens with zero attached hydrogens (tertiary/aromatic N) is 5. The lowest BCUT2D eigenvalue weighted by Gasteiger charge is -2.31. The van der Waals surface area contributed by atoms with Crippen molar-refractivity contribution in [2.24, 2.45) is 11.8 Å². The lowest BCUT2D eigenvalue weighted by molar-refractivity contribution is -0.145. The Labute approximate surface area is 496 Å². The van der Waals surface area contributed by atoms with Crippen LogP contribution in [0, 0.1) is 25.7 Å². The molecule has 0 spiro atoms. The van der Waals surface area contributed by atoms with Gasteiger partial charge in [0, 0.05) is 34.3 Å². The number of hydrogen-bond donors (Lipinski definition) is 1. The number of halogens is 1. The molecule has 3 aliphatic rings. The fourth-order valence-electron chi connectivity index (χ4n) is 11.0. The molecule has 0 radical (unpaired) electrons. The van der Waals surface area contributed by atoms with Crippen LogP contribution in [0.25, 0.3) is 21.3 Å². The van der Waals surface area contributed by atoms with Gasteiger partial charge in [-0.05, 0) is 215 Å². The Hall–Kier alpha value is -6.40. The largest absolute Gasteiger partial charge is 0.493 e.